The van der Waals surface area contributed by atoms with Gasteiger partial charge in [0.25, 0.3) is 0 Å². The van der Waals surface area contributed by atoms with Gasteiger partial charge in [-0.3, -0.25) is 4.90 Å². The number of aryl methyl sites for hydroxylation is 1. The first-order valence-corrected chi connectivity index (χ1v) is 8.64. The van der Waals surface area contributed by atoms with Gasteiger partial charge in [-0.15, -0.1) is 0 Å². The first-order valence-electron chi connectivity index (χ1n) is 8.64. The SMILES string of the molecule is COc1ccc(-c2nc(CN3CCCNCC3)c(C)o2)c(C)c1C. The maximum Gasteiger partial charge on any atom is 0.226 e. The molecule has 5 nitrogen and oxygen atoms in total. The highest BCUT2D eigenvalue weighted by molar-refractivity contribution is 5.63. The molecule has 1 aliphatic rings. The molecule has 1 aliphatic heterocycles. The molecule has 0 bridgehead atoms. The maximum atomic E-state index is 5.99. The van der Waals surface area contributed by atoms with Crippen molar-refractivity contribution >= 4 is 0 Å². The number of benzene rings is 1. The minimum atomic E-state index is 0.707. The molecule has 1 aromatic carbocycles. The lowest BCUT2D eigenvalue weighted by Gasteiger charge is -2.17. The molecule has 5 heteroatoms. The number of oxazole rings is 1. The number of methoxy groups -OCH3 is 1. The van der Waals surface area contributed by atoms with Crippen LogP contribution in [0.3, 0.4) is 0 Å². The minimum Gasteiger partial charge on any atom is -0.496 e. The van der Waals surface area contributed by atoms with Gasteiger partial charge in [-0.2, -0.15) is 0 Å². The first-order chi connectivity index (χ1) is 11.6. The van der Waals surface area contributed by atoms with E-state index in [2.05, 4.69) is 24.1 Å². The summed E-state index contributed by atoms with van der Waals surface area (Å²) in [5.74, 6) is 2.52. The summed E-state index contributed by atoms with van der Waals surface area (Å²) in [5.41, 5.74) is 4.37. The molecule has 0 saturated carbocycles. The Morgan fingerprint density at radius 2 is 2.00 bits per heavy atom. The average molecular weight is 329 g/mol. The highest BCUT2D eigenvalue weighted by Crippen LogP contribution is 2.31. The molecule has 0 radical (unpaired) electrons. The van der Waals surface area contributed by atoms with Gasteiger partial charge >= 0.3 is 0 Å². The summed E-state index contributed by atoms with van der Waals surface area (Å²) in [6.07, 6.45) is 1.18. The van der Waals surface area contributed by atoms with Crippen molar-refractivity contribution in [1.29, 1.82) is 0 Å². The monoisotopic (exact) mass is 329 g/mol. The van der Waals surface area contributed by atoms with Crippen LogP contribution in [0.2, 0.25) is 0 Å². The molecule has 2 aromatic rings. The zero-order valence-corrected chi connectivity index (χ0v) is 15.1. The predicted molar refractivity (Wildman–Crippen MR) is 95.5 cm³/mol. The quantitative estimate of drug-likeness (QED) is 0.934. The van der Waals surface area contributed by atoms with Crippen LogP contribution in [-0.2, 0) is 6.54 Å². The number of ether oxygens (including phenoxy) is 1. The van der Waals surface area contributed by atoms with Crippen LogP contribution in [-0.4, -0.2) is 43.2 Å². The first kappa shape index (κ1) is 17.0. The normalized spacial score (nSPS) is 16.2. The number of aromatic nitrogens is 1. The van der Waals surface area contributed by atoms with Gasteiger partial charge in [-0.25, -0.2) is 4.98 Å². The van der Waals surface area contributed by atoms with Gasteiger partial charge in [0, 0.05) is 25.2 Å². The van der Waals surface area contributed by atoms with Gasteiger partial charge in [0.15, 0.2) is 0 Å². The standard InChI is InChI=1S/C19H27N3O2/c1-13-14(2)18(23-4)7-6-16(13)19-21-17(15(3)24-19)12-22-10-5-8-20-9-11-22/h6-7,20H,5,8-12H2,1-4H3. The van der Waals surface area contributed by atoms with Crippen LogP contribution >= 0.6 is 0 Å². The number of hydrogen-bond donors (Lipinski definition) is 1. The maximum absolute atomic E-state index is 5.99. The van der Waals surface area contributed by atoms with Gasteiger partial charge < -0.3 is 14.5 Å². The van der Waals surface area contributed by atoms with Crippen molar-refractivity contribution in [1.82, 2.24) is 15.2 Å². The van der Waals surface area contributed by atoms with Crippen molar-refractivity contribution < 1.29 is 9.15 Å². The zero-order chi connectivity index (χ0) is 17.1. The lowest BCUT2D eigenvalue weighted by Crippen LogP contribution is -2.28. The van der Waals surface area contributed by atoms with Crippen LogP contribution in [0.1, 0.15) is 29.0 Å². The van der Waals surface area contributed by atoms with E-state index < -0.39 is 0 Å². The van der Waals surface area contributed by atoms with Crippen molar-refractivity contribution in [2.45, 2.75) is 33.7 Å². The second-order valence-electron chi connectivity index (χ2n) is 6.47. The Morgan fingerprint density at radius 1 is 1.17 bits per heavy atom. The van der Waals surface area contributed by atoms with Crippen LogP contribution < -0.4 is 10.1 Å². The Kier molecular flexibility index (Phi) is 5.21. The third-order valence-electron chi connectivity index (χ3n) is 4.89. The molecule has 130 valence electrons. The van der Waals surface area contributed by atoms with E-state index in [1.54, 1.807) is 7.11 Å². The van der Waals surface area contributed by atoms with Crippen molar-refractivity contribution in [2.24, 2.45) is 0 Å². The van der Waals surface area contributed by atoms with Crippen LogP contribution in [0.5, 0.6) is 5.75 Å². The fraction of sp³-hybridized carbons (Fsp3) is 0.526. The molecule has 2 heterocycles. The van der Waals surface area contributed by atoms with Gasteiger partial charge in [0.05, 0.1) is 12.8 Å². The fourth-order valence-electron chi connectivity index (χ4n) is 3.21. The number of nitrogens with one attached hydrogen (secondary N) is 1. The molecule has 1 aromatic heterocycles. The molecule has 0 amide bonds. The van der Waals surface area contributed by atoms with Gasteiger partial charge in [-0.05, 0) is 63.5 Å². The molecular weight excluding hydrogens is 302 g/mol. The molecule has 3 rings (SSSR count). The van der Waals surface area contributed by atoms with E-state index in [0.29, 0.717) is 5.89 Å². The van der Waals surface area contributed by atoms with E-state index in [9.17, 15) is 0 Å². The van der Waals surface area contributed by atoms with Crippen LogP contribution in [0.4, 0.5) is 0 Å². The Morgan fingerprint density at radius 3 is 2.79 bits per heavy atom. The van der Waals surface area contributed by atoms with Gasteiger partial charge in [0.1, 0.15) is 11.5 Å². The molecular formula is C19H27N3O2. The zero-order valence-electron chi connectivity index (χ0n) is 15.1. The highest BCUT2D eigenvalue weighted by atomic mass is 16.5. The minimum absolute atomic E-state index is 0.707. The highest BCUT2D eigenvalue weighted by Gasteiger charge is 2.18. The lowest BCUT2D eigenvalue weighted by molar-refractivity contribution is 0.280. The molecule has 0 aliphatic carbocycles. The number of rotatable bonds is 4. The average Bonchev–Trinajstić information content (AvgIpc) is 2.76. The second kappa shape index (κ2) is 7.36. The molecule has 0 spiro atoms. The molecule has 0 atom stereocenters. The van der Waals surface area contributed by atoms with Crippen LogP contribution in [0, 0.1) is 20.8 Å². The van der Waals surface area contributed by atoms with Crippen molar-refractivity contribution in [3.63, 3.8) is 0 Å². The summed E-state index contributed by atoms with van der Waals surface area (Å²) in [6, 6.07) is 4.02. The summed E-state index contributed by atoms with van der Waals surface area (Å²) in [7, 11) is 1.70. The Hall–Kier alpha value is -1.85. The molecule has 0 unspecified atom stereocenters. The fourth-order valence-corrected chi connectivity index (χ4v) is 3.21. The molecule has 1 saturated heterocycles. The predicted octanol–water partition coefficient (Wildman–Crippen LogP) is 3.07. The van der Waals surface area contributed by atoms with E-state index >= 15 is 0 Å². The van der Waals surface area contributed by atoms with Gasteiger partial charge in [-0.1, -0.05) is 0 Å². The Labute approximate surface area is 144 Å². The molecule has 1 N–H and O–H groups in total. The van der Waals surface area contributed by atoms with E-state index in [1.165, 1.54) is 6.42 Å². The van der Waals surface area contributed by atoms with E-state index in [4.69, 9.17) is 14.1 Å². The van der Waals surface area contributed by atoms with Crippen LogP contribution in [0.15, 0.2) is 16.5 Å². The smallest absolute Gasteiger partial charge is 0.226 e. The third kappa shape index (κ3) is 3.47. The van der Waals surface area contributed by atoms with Crippen molar-refractivity contribution in [3.05, 3.63) is 34.7 Å². The Balaban J connectivity index is 1.85. The van der Waals surface area contributed by atoms with Gasteiger partial charge in [0.2, 0.25) is 5.89 Å². The number of nitrogens with zero attached hydrogens (tertiary/aromatic N) is 2. The number of hydrogen-bond acceptors (Lipinski definition) is 5. The summed E-state index contributed by atoms with van der Waals surface area (Å²) < 4.78 is 11.4. The van der Waals surface area contributed by atoms with Crippen LogP contribution in [0.25, 0.3) is 11.5 Å². The molecule has 24 heavy (non-hydrogen) atoms. The summed E-state index contributed by atoms with van der Waals surface area (Å²) in [5, 5.41) is 3.44. The summed E-state index contributed by atoms with van der Waals surface area (Å²) in [4.78, 5) is 7.24. The largest absolute Gasteiger partial charge is 0.496 e. The Bertz CT molecular complexity index is 701. The third-order valence-corrected chi connectivity index (χ3v) is 4.89. The van der Waals surface area contributed by atoms with E-state index in [-0.39, 0.29) is 0 Å². The van der Waals surface area contributed by atoms with E-state index in [0.717, 1.165) is 66.6 Å². The van der Waals surface area contributed by atoms with Crippen molar-refractivity contribution in [2.75, 3.05) is 33.3 Å². The summed E-state index contributed by atoms with van der Waals surface area (Å²) in [6.45, 7) is 11.3. The second-order valence-corrected chi connectivity index (χ2v) is 6.47. The van der Waals surface area contributed by atoms with Crippen molar-refractivity contribution in [3.8, 4) is 17.2 Å². The topological polar surface area (TPSA) is 50.5 Å². The summed E-state index contributed by atoms with van der Waals surface area (Å²) >= 11 is 0. The molecule has 1 fully saturated rings. The lowest BCUT2D eigenvalue weighted by atomic mass is 10.0. The van der Waals surface area contributed by atoms with E-state index in [1.807, 2.05) is 19.1 Å².